The standard InChI is InChI=1S/C29H19F6N7O4S/c30-28(31,32)11-12-45-23-10-1-17(14-36)13-22(23)42-24(43)15-47-27(42)39-26(44)38-19-4-6-20(7-5-19)41-16-37-25(40-41)18-2-8-21(9-3-18)46-29(33,34)35/h1-10,13,16H,11-12,15H2,(H,38,44)/b39-27-. The molecule has 11 nitrogen and oxygen atoms in total. The number of urea groups is 1. The van der Waals surface area contributed by atoms with Crippen molar-refractivity contribution in [3.05, 3.63) is 78.6 Å². The van der Waals surface area contributed by atoms with Crippen molar-refractivity contribution in [3.63, 3.8) is 0 Å². The Balaban J connectivity index is 1.27. The van der Waals surface area contributed by atoms with Crippen LogP contribution >= 0.6 is 11.8 Å². The molecule has 5 rings (SSSR count). The van der Waals surface area contributed by atoms with E-state index in [2.05, 4.69) is 25.1 Å². The Morgan fingerprint density at radius 3 is 2.43 bits per heavy atom. The summed E-state index contributed by atoms with van der Waals surface area (Å²) < 4.78 is 85.7. The van der Waals surface area contributed by atoms with Gasteiger partial charge in [-0.25, -0.2) is 14.5 Å². The number of amides is 3. The molecule has 3 aromatic carbocycles. The molecule has 0 bridgehead atoms. The van der Waals surface area contributed by atoms with E-state index in [1.807, 2.05) is 6.07 Å². The van der Waals surface area contributed by atoms with E-state index < -0.39 is 37.5 Å². The highest BCUT2D eigenvalue weighted by molar-refractivity contribution is 8.15. The second-order valence-electron chi connectivity index (χ2n) is 9.48. The molecule has 1 saturated heterocycles. The summed E-state index contributed by atoms with van der Waals surface area (Å²) in [5, 5.41) is 16.1. The number of thioether (sulfide) groups is 1. The van der Waals surface area contributed by atoms with Gasteiger partial charge in [0.25, 0.3) is 0 Å². The van der Waals surface area contributed by atoms with Crippen LogP contribution < -0.4 is 19.7 Å². The van der Waals surface area contributed by atoms with E-state index in [9.17, 15) is 41.2 Å². The van der Waals surface area contributed by atoms with Crippen LogP contribution in [0.5, 0.6) is 11.5 Å². The average Bonchev–Trinajstić information content (AvgIpc) is 3.64. The number of nitriles is 1. The zero-order chi connectivity index (χ0) is 33.8. The second-order valence-corrected chi connectivity index (χ2v) is 10.4. The lowest BCUT2D eigenvalue weighted by Crippen LogP contribution is -2.31. The highest BCUT2D eigenvalue weighted by atomic mass is 32.2. The first kappa shape index (κ1) is 32.8. The molecule has 0 atom stereocenters. The number of alkyl halides is 6. The van der Waals surface area contributed by atoms with Crippen molar-refractivity contribution in [2.75, 3.05) is 22.6 Å². The number of carbonyl (C=O) groups excluding carboxylic acids is 2. The largest absolute Gasteiger partial charge is 0.573 e. The number of ether oxygens (including phenoxy) is 2. The highest BCUT2D eigenvalue weighted by Crippen LogP contribution is 2.36. The first-order valence-electron chi connectivity index (χ1n) is 13.3. The number of amidine groups is 1. The van der Waals surface area contributed by atoms with E-state index in [1.54, 1.807) is 12.1 Å². The SMILES string of the molecule is N#Cc1ccc(OCCC(F)(F)F)c(N2C(=O)CS/C2=N\C(=O)Nc2ccc(-n3cnc(-c4ccc(OC(F)(F)F)cc4)n3)cc2)c1. The van der Waals surface area contributed by atoms with E-state index in [0.717, 1.165) is 28.8 Å². The number of hydrogen-bond acceptors (Lipinski definition) is 8. The summed E-state index contributed by atoms with van der Waals surface area (Å²) in [7, 11) is 0. The Morgan fingerprint density at radius 1 is 1.04 bits per heavy atom. The third-order valence-electron chi connectivity index (χ3n) is 6.16. The van der Waals surface area contributed by atoms with Crippen LogP contribution in [0, 0.1) is 11.3 Å². The predicted octanol–water partition coefficient (Wildman–Crippen LogP) is 6.70. The molecule has 2 heterocycles. The molecule has 242 valence electrons. The van der Waals surface area contributed by atoms with Crippen LogP contribution in [0.3, 0.4) is 0 Å². The number of rotatable bonds is 8. The minimum absolute atomic E-state index is 0.0325. The number of halogens is 6. The summed E-state index contributed by atoms with van der Waals surface area (Å²) in [4.78, 5) is 34.7. The minimum atomic E-state index is -4.82. The van der Waals surface area contributed by atoms with Gasteiger partial charge in [-0.15, -0.1) is 18.3 Å². The number of nitrogens with one attached hydrogen (secondary N) is 1. The molecule has 4 aromatic rings. The van der Waals surface area contributed by atoms with Crippen molar-refractivity contribution in [1.29, 1.82) is 5.26 Å². The quantitative estimate of drug-likeness (QED) is 0.204. The molecular weight excluding hydrogens is 656 g/mol. The number of aliphatic imine (C=N–C) groups is 1. The first-order valence-corrected chi connectivity index (χ1v) is 14.2. The van der Waals surface area contributed by atoms with E-state index in [1.165, 1.54) is 53.5 Å². The molecule has 0 radical (unpaired) electrons. The molecule has 0 unspecified atom stereocenters. The number of carbonyl (C=O) groups is 2. The molecule has 0 saturated carbocycles. The predicted molar refractivity (Wildman–Crippen MR) is 157 cm³/mol. The van der Waals surface area contributed by atoms with Gasteiger partial charge in [0.05, 0.1) is 41.8 Å². The highest BCUT2D eigenvalue weighted by Gasteiger charge is 2.34. The Bertz CT molecular complexity index is 1850. The van der Waals surface area contributed by atoms with Crippen LogP contribution in [-0.2, 0) is 4.79 Å². The lowest BCUT2D eigenvalue weighted by atomic mass is 10.2. The first-order chi connectivity index (χ1) is 22.3. The Labute approximate surface area is 265 Å². The second kappa shape index (κ2) is 13.4. The fraction of sp³-hybridized carbons (Fsp3) is 0.172. The summed E-state index contributed by atoms with van der Waals surface area (Å²) in [5.41, 5.74) is 1.35. The molecule has 47 heavy (non-hydrogen) atoms. The molecular formula is C29H19F6N7O4S. The van der Waals surface area contributed by atoms with Gasteiger partial charge in [0.1, 0.15) is 17.8 Å². The number of benzene rings is 3. The van der Waals surface area contributed by atoms with Gasteiger partial charge in [-0.3, -0.25) is 9.69 Å². The minimum Gasteiger partial charge on any atom is -0.491 e. The Kier molecular flexibility index (Phi) is 9.37. The summed E-state index contributed by atoms with van der Waals surface area (Å²) >= 11 is 0.917. The van der Waals surface area contributed by atoms with E-state index >= 15 is 0 Å². The maximum absolute atomic E-state index is 12.8. The van der Waals surface area contributed by atoms with Crippen LogP contribution in [0.15, 0.2) is 78.0 Å². The fourth-order valence-corrected chi connectivity index (χ4v) is 4.96. The van der Waals surface area contributed by atoms with Gasteiger partial charge in [0, 0.05) is 11.3 Å². The molecule has 1 aliphatic heterocycles. The van der Waals surface area contributed by atoms with Crippen LogP contribution in [-0.4, -0.2) is 56.8 Å². The summed E-state index contributed by atoms with van der Waals surface area (Å²) in [5.74, 6) is -0.901. The zero-order valence-corrected chi connectivity index (χ0v) is 24.4. The summed E-state index contributed by atoms with van der Waals surface area (Å²) in [6.07, 6.45) is -9.14. The summed E-state index contributed by atoms with van der Waals surface area (Å²) in [6, 6.07) is 16.2. The van der Waals surface area contributed by atoms with Crippen LogP contribution in [0.1, 0.15) is 12.0 Å². The van der Waals surface area contributed by atoms with Gasteiger partial charge in [-0.2, -0.15) is 23.4 Å². The number of hydrogen-bond donors (Lipinski definition) is 1. The number of nitrogens with zero attached hydrogens (tertiary/aromatic N) is 6. The van der Waals surface area contributed by atoms with Gasteiger partial charge >= 0.3 is 18.6 Å². The van der Waals surface area contributed by atoms with E-state index in [4.69, 9.17) is 4.74 Å². The molecule has 0 aliphatic carbocycles. The molecule has 1 N–H and O–H groups in total. The van der Waals surface area contributed by atoms with Crippen molar-refractivity contribution >= 4 is 40.2 Å². The third-order valence-corrected chi connectivity index (χ3v) is 7.08. The molecule has 18 heteroatoms. The number of aromatic nitrogens is 3. The van der Waals surface area contributed by atoms with Gasteiger partial charge in [0.15, 0.2) is 11.0 Å². The van der Waals surface area contributed by atoms with Crippen molar-refractivity contribution in [3.8, 4) is 34.6 Å². The third kappa shape index (κ3) is 8.58. The van der Waals surface area contributed by atoms with Crippen molar-refractivity contribution < 1.29 is 45.4 Å². The Morgan fingerprint density at radius 2 is 1.77 bits per heavy atom. The summed E-state index contributed by atoms with van der Waals surface area (Å²) in [6.45, 7) is -0.732. The lowest BCUT2D eigenvalue weighted by Gasteiger charge is -2.20. The smallest absolute Gasteiger partial charge is 0.491 e. The topological polar surface area (TPSA) is 135 Å². The van der Waals surface area contributed by atoms with Crippen LogP contribution in [0.4, 0.5) is 42.5 Å². The molecule has 1 aromatic heterocycles. The van der Waals surface area contributed by atoms with Crippen LogP contribution in [0.25, 0.3) is 17.1 Å². The van der Waals surface area contributed by atoms with Gasteiger partial charge in [-0.05, 0) is 66.7 Å². The average molecular weight is 676 g/mol. The lowest BCUT2D eigenvalue weighted by molar-refractivity contribution is -0.274. The van der Waals surface area contributed by atoms with Gasteiger partial charge < -0.3 is 14.8 Å². The number of anilines is 2. The zero-order valence-electron chi connectivity index (χ0n) is 23.5. The van der Waals surface area contributed by atoms with Crippen LogP contribution in [0.2, 0.25) is 0 Å². The van der Waals surface area contributed by atoms with Crippen molar-refractivity contribution in [2.24, 2.45) is 4.99 Å². The maximum Gasteiger partial charge on any atom is 0.573 e. The van der Waals surface area contributed by atoms with E-state index in [-0.39, 0.29) is 39.5 Å². The van der Waals surface area contributed by atoms with Gasteiger partial charge in [0.2, 0.25) is 5.91 Å². The van der Waals surface area contributed by atoms with E-state index in [0.29, 0.717) is 16.9 Å². The normalized spacial score (nSPS) is 14.3. The van der Waals surface area contributed by atoms with Crippen molar-refractivity contribution in [2.45, 2.75) is 19.0 Å². The Hall–Kier alpha value is -5.57. The molecule has 0 spiro atoms. The fourth-order valence-electron chi connectivity index (χ4n) is 4.10. The van der Waals surface area contributed by atoms with Crippen molar-refractivity contribution in [1.82, 2.24) is 14.8 Å². The monoisotopic (exact) mass is 675 g/mol. The molecule has 1 fully saturated rings. The molecule has 3 amide bonds. The molecule has 1 aliphatic rings. The van der Waals surface area contributed by atoms with Gasteiger partial charge in [-0.1, -0.05) is 11.8 Å². The maximum atomic E-state index is 12.8.